The average molecular weight is 505 g/mol. The second-order valence-corrected chi connectivity index (χ2v) is 11.9. The zero-order valence-electron chi connectivity index (χ0n) is 21.1. The Labute approximate surface area is 208 Å². The third-order valence-corrected chi connectivity index (χ3v) is 6.96. The Bertz CT molecular complexity index is 1290. The average Bonchev–Trinajstić information content (AvgIpc) is 3.14. The lowest BCUT2D eigenvalue weighted by molar-refractivity contribution is -0.153. The molecule has 0 saturated heterocycles. The predicted molar refractivity (Wildman–Crippen MR) is 137 cm³/mol. The van der Waals surface area contributed by atoms with E-state index in [1.807, 2.05) is 57.2 Å². The maximum atomic E-state index is 13.2. The Balaban J connectivity index is 2.37. The van der Waals surface area contributed by atoms with Crippen LogP contribution < -0.4 is 4.74 Å². The summed E-state index contributed by atoms with van der Waals surface area (Å²) in [5, 5.41) is 9.99. The van der Waals surface area contributed by atoms with Gasteiger partial charge in [0.15, 0.2) is 6.61 Å². The van der Waals surface area contributed by atoms with Crippen LogP contribution in [0.1, 0.15) is 64.5 Å². The monoisotopic (exact) mass is 504 g/mol. The first kappa shape index (κ1) is 26.8. The van der Waals surface area contributed by atoms with Gasteiger partial charge in [0.2, 0.25) is 0 Å². The highest BCUT2D eigenvalue weighted by Crippen LogP contribution is 2.46. The Hall–Kier alpha value is -2.80. The molecule has 0 aliphatic carbocycles. The number of benzene rings is 2. The van der Waals surface area contributed by atoms with Crippen molar-refractivity contribution in [1.29, 1.82) is 0 Å². The molecule has 0 bridgehead atoms. The van der Waals surface area contributed by atoms with Gasteiger partial charge in [-0.25, -0.2) is 4.79 Å². The van der Waals surface area contributed by atoms with Crippen LogP contribution in [0.15, 0.2) is 42.5 Å². The number of alkyl halides is 3. The Morgan fingerprint density at radius 1 is 1.00 bits per heavy atom. The molecule has 1 aromatic heterocycles. The smallest absolute Gasteiger partial charge is 0.422 e. The number of thiophene rings is 1. The van der Waals surface area contributed by atoms with Gasteiger partial charge in [0.1, 0.15) is 5.75 Å². The van der Waals surface area contributed by atoms with Gasteiger partial charge >= 0.3 is 12.1 Å². The number of allylic oxidation sites excluding steroid dienone is 1. The van der Waals surface area contributed by atoms with Crippen molar-refractivity contribution in [3.8, 4) is 16.9 Å². The minimum Gasteiger partial charge on any atom is -0.483 e. The van der Waals surface area contributed by atoms with E-state index < -0.39 is 24.2 Å². The molecule has 35 heavy (non-hydrogen) atoms. The van der Waals surface area contributed by atoms with E-state index in [0.29, 0.717) is 16.7 Å². The van der Waals surface area contributed by atoms with Gasteiger partial charge in [0, 0.05) is 32.2 Å². The summed E-state index contributed by atoms with van der Waals surface area (Å²) in [6.45, 7) is 12.4. The SMILES string of the molecule is C/C(=C/C(=O)O)c1cc2c(-c3cc(C(C)(C)C)cc(C(C)(C)C)c3OCC(F)(F)F)cccc2s1. The summed E-state index contributed by atoms with van der Waals surface area (Å²) in [4.78, 5) is 12.0. The van der Waals surface area contributed by atoms with Crippen LogP contribution >= 0.6 is 11.3 Å². The zero-order chi connectivity index (χ0) is 26.3. The van der Waals surface area contributed by atoms with Crippen LogP contribution in [0.3, 0.4) is 0 Å². The topological polar surface area (TPSA) is 46.5 Å². The Kier molecular flexibility index (Phi) is 7.15. The number of halogens is 3. The molecule has 2 aromatic carbocycles. The number of hydrogen-bond acceptors (Lipinski definition) is 3. The van der Waals surface area contributed by atoms with Crippen LogP contribution in [0.5, 0.6) is 5.75 Å². The van der Waals surface area contributed by atoms with Crippen molar-refractivity contribution in [3.05, 3.63) is 58.5 Å². The molecule has 3 rings (SSSR count). The third kappa shape index (κ3) is 6.26. The van der Waals surface area contributed by atoms with Gasteiger partial charge in [-0.05, 0) is 52.7 Å². The Morgan fingerprint density at radius 2 is 1.66 bits per heavy atom. The number of carboxylic acids is 1. The lowest BCUT2D eigenvalue weighted by Crippen LogP contribution is -2.23. The van der Waals surface area contributed by atoms with Crippen molar-refractivity contribution in [1.82, 2.24) is 0 Å². The van der Waals surface area contributed by atoms with E-state index in [9.17, 15) is 18.0 Å². The molecular formula is C28H31F3O3S. The zero-order valence-corrected chi connectivity index (χ0v) is 21.9. The van der Waals surface area contributed by atoms with E-state index in [4.69, 9.17) is 9.84 Å². The van der Waals surface area contributed by atoms with Crippen LogP contribution in [0.4, 0.5) is 13.2 Å². The number of ether oxygens (including phenoxy) is 1. The van der Waals surface area contributed by atoms with Crippen LogP contribution in [0.25, 0.3) is 26.8 Å². The van der Waals surface area contributed by atoms with Crippen molar-refractivity contribution >= 4 is 33.0 Å². The summed E-state index contributed by atoms with van der Waals surface area (Å²) in [6.07, 6.45) is -3.32. The van der Waals surface area contributed by atoms with Crippen molar-refractivity contribution in [2.75, 3.05) is 6.61 Å². The van der Waals surface area contributed by atoms with Crippen LogP contribution in [0.2, 0.25) is 0 Å². The van der Waals surface area contributed by atoms with Crippen molar-refractivity contribution in [2.45, 2.75) is 65.5 Å². The molecule has 0 spiro atoms. The molecule has 0 unspecified atom stereocenters. The highest BCUT2D eigenvalue weighted by Gasteiger charge is 2.32. The van der Waals surface area contributed by atoms with E-state index in [0.717, 1.165) is 32.2 Å². The molecule has 0 atom stereocenters. The van der Waals surface area contributed by atoms with Gasteiger partial charge in [-0.15, -0.1) is 11.3 Å². The quantitative estimate of drug-likeness (QED) is 0.354. The molecule has 1 heterocycles. The van der Waals surface area contributed by atoms with Gasteiger partial charge in [0.25, 0.3) is 0 Å². The van der Waals surface area contributed by atoms with Gasteiger partial charge in [-0.2, -0.15) is 13.2 Å². The first-order valence-electron chi connectivity index (χ1n) is 11.3. The van der Waals surface area contributed by atoms with Gasteiger partial charge in [-0.1, -0.05) is 59.7 Å². The molecule has 3 nitrogen and oxygen atoms in total. The van der Waals surface area contributed by atoms with Crippen LogP contribution in [-0.4, -0.2) is 23.9 Å². The van der Waals surface area contributed by atoms with Crippen molar-refractivity contribution < 1.29 is 27.8 Å². The second kappa shape index (κ2) is 9.34. The fourth-order valence-corrected chi connectivity index (χ4v) is 4.93. The van der Waals surface area contributed by atoms with Crippen molar-refractivity contribution in [3.63, 3.8) is 0 Å². The number of carbonyl (C=O) groups is 1. The van der Waals surface area contributed by atoms with E-state index in [2.05, 4.69) is 20.8 Å². The molecule has 188 valence electrons. The van der Waals surface area contributed by atoms with Crippen LogP contribution in [0, 0.1) is 0 Å². The highest BCUT2D eigenvalue weighted by molar-refractivity contribution is 7.20. The molecule has 0 amide bonds. The summed E-state index contributed by atoms with van der Waals surface area (Å²) in [5.41, 5.74) is 2.95. The summed E-state index contributed by atoms with van der Waals surface area (Å²) < 4.78 is 46.2. The maximum Gasteiger partial charge on any atom is 0.422 e. The van der Waals surface area contributed by atoms with Crippen molar-refractivity contribution in [2.24, 2.45) is 0 Å². The van der Waals surface area contributed by atoms with Crippen LogP contribution in [-0.2, 0) is 15.6 Å². The fraction of sp³-hybridized carbons (Fsp3) is 0.393. The molecule has 1 N–H and O–H groups in total. The Morgan fingerprint density at radius 3 is 2.20 bits per heavy atom. The minimum absolute atomic E-state index is 0.223. The number of fused-ring (bicyclic) bond motifs is 1. The highest BCUT2D eigenvalue weighted by atomic mass is 32.1. The standard InChI is InChI=1S/C28H31F3O3S/c1-16(11-24(32)33)23-14-19-18(9-8-10-22(19)35-23)20-12-17(26(2,3)4)13-21(27(5,6)7)25(20)34-15-28(29,30)31/h8-14H,15H2,1-7H3,(H,32,33)/b16-11-. The van der Waals surface area contributed by atoms with Gasteiger partial charge in [0.05, 0.1) is 0 Å². The first-order valence-corrected chi connectivity index (χ1v) is 12.1. The number of hydrogen-bond donors (Lipinski definition) is 1. The van der Waals surface area contributed by atoms with Gasteiger partial charge in [-0.3, -0.25) is 0 Å². The summed E-state index contributed by atoms with van der Waals surface area (Å²) in [6, 6.07) is 11.4. The fourth-order valence-electron chi connectivity index (χ4n) is 3.87. The first-order chi connectivity index (χ1) is 16.0. The molecule has 0 aliphatic heterocycles. The predicted octanol–water partition coefficient (Wildman–Crippen LogP) is 8.59. The summed E-state index contributed by atoms with van der Waals surface area (Å²) >= 11 is 1.45. The molecule has 7 heteroatoms. The number of rotatable bonds is 5. The minimum atomic E-state index is -4.48. The number of aliphatic carboxylic acids is 1. The maximum absolute atomic E-state index is 13.2. The lowest BCUT2D eigenvalue weighted by atomic mass is 9.78. The third-order valence-electron chi connectivity index (χ3n) is 5.72. The molecule has 0 fully saturated rings. The summed E-state index contributed by atoms with van der Waals surface area (Å²) in [7, 11) is 0. The second-order valence-electron chi connectivity index (χ2n) is 10.8. The molecule has 0 radical (unpaired) electrons. The number of carboxylic acid groups (broad SMARTS) is 1. The summed E-state index contributed by atoms with van der Waals surface area (Å²) in [5.74, 6) is -0.809. The normalized spacial score (nSPS) is 13.4. The van der Waals surface area contributed by atoms with E-state index >= 15 is 0 Å². The van der Waals surface area contributed by atoms with Gasteiger partial charge < -0.3 is 9.84 Å². The largest absolute Gasteiger partial charge is 0.483 e. The molecule has 0 aliphatic rings. The van der Waals surface area contributed by atoms with E-state index in [-0.39, 0.29) is 11.2 Å². The van der Waals surface area contributed by atoms with E-state index in [1.165, 1.54) is 11.3 Å². The van der Waals surface area contributed by atoms with E-state index in [1.54, 1.807) is 6.92 Å². The molecule has 0 saturated carbocycles. The lowest BCUT2D eigenvalue weighted by Gasteiger charge is -2.30. The molecular weight excluding hydrogens is 473 g/mol. The molecule has 3 aromatic rings.